The number of rotatable bonds is 2. The van der Waals surface area contributed by atoms with Gasteiger partial charge in [0.1, 0.15) is 5.60 Å². The predicted octanol–water partition coefficient (Wildman–Crippen LogP) is 2.71. The summed E-state index contributed by atoms with van der Waals surface area (Å²) in [5.74, 6) is -1.65. The van der Waals surface area contributed by atoms with Crippen molar-refractivity contribution in [3.05, 3.63) is 47.5 Å². The monoisotopic (exact) mass is 330 g/mol. The van der Waals surface area contributed by atoms with Crippen molar-refractivity contribution >= 4 is 28.7 Å². The quantitative estimate of drug-likeness (QED) is 0.734. The predicted molar refractivity (Wildman–Crippen MR) is 87.7 cm³/mol. The highest BCUT2D eigenvalue weighted by atomic mass is 16.6. The molecular formula is C17H18N2O5. The van der Waals surface area contributed by atoms with Crippen LogP contribution in [0.25, 0.3) is 10.8 Å². The summed E-state index contributed by atoms with van der Waals surface area (Å²) >= 11 is 0. The van der Waals surface area contributed by atoms with Gasteiger partial charge in [0.05, 0.1) is 5.56 Å². The van der Waals surface area contributed by atoms with Gasteiger partial charge in [-0.05, 0) is 43.7 Å². The first-order valence-corrected chi connectivity index (χ1v) is 7.23. The van der Waals surface area contributed by atoms with Gasteiger partial charge < -0.3 is 9.84 Å². The first kappa shape index (κ1) is 17.3. The summed E-state index contributed by atoms with van der Waals surface area (Å²) in [6.45, 7) is 5.10. The molecular weight excluding hydrogens is 312 g/mol. The van der Waals surface area contributed by atoms with Gasteiger partial charge in [0.25, 0.3) is 5.91 Å². The van der Waals surface area contributed by atoms with Crippen LogP contribution in [-0.2, 0) is 4.74 Å². The third-order valence-corrected chi connectivity index (χ3v) is 3.08. The zero-order chi connectivity index (χ0) is 17.9. The van der Waals surface area contributed by atoms with E-state index in [-0.39, 0.29) is 11.1 Å². The molecule has 0 fully saturated rings. The molecule has 0 spiro atoms. The fourth-order valence-corrected chi connectivity index (χ4v) is 2.16. The number of hydrogen-bond donors (Lipinski definition) is 3. The van der Waals surface area contributed by atoms with E-state index in [1.807, 2.05) is 0 Å². The molecule has 0 heterocycles. The zero-order valence-electron chi connectivity index (χ0n) is 13.5. The molecule has 7 heteroatoms. The van der Waals surface area contributed by atoms with Crippen LogP contribution in [-0.4, -0.2) is 28.7 Å². The normalized spacial score (nSPS) is 11.0. The van der Waals surface area contributed by atoms with Crippen molar-refractivity contribution in [2.45, 2.75) is 26.4 Å². The summed E-state index contributed by atoms with van der Waals surface area (Å²) in [5.41, 5.74) is 4.07. The number of carboxylic acid groups (broad SMARTS) is 1. The molecule has 0 unspecified atom stereocenters. The lowest BCUT2D eigenvalue weighted by Gasteiger charge is -2.19. The number of hydrogen-bond acceptors (Lipinski definition) is 4. The van der Waals surface area contributed by atoms with Gasteiger partial charge >= 0.3 is 12.1 Å². The Hall–Kier alpha value is -3.09. The van der Waals surface area contributed by atoms with Gasteiger partial charge in [0.2, 0.25) is 0 Å². The number of nitrogens with one attached hydrogen (secondary N) is 2. The van der Waals surface area contributed by atoms with E-state index in [2.05, 4.69) is 10.9 Å². The van der Waals surface area contributed by atoms with Gasteiger partial charge in [-0.3, -0.25) is 10.2 Å². The summed E-state index contributed by atoms with van der Waals surface area (Å²) in [7, 11) is 0. The molecule has 2 rings (SSSR count). The third-order valence-electron chi connectivity index (χ3n) is 3.08. The molecule has 0 atom stereocenters. The van der Waals surface area contributed by atoms with Gasteiger partial charge in [-0.2, -0.15) is 0 Å². The average molecular weight is 330 g/mol. The van der Waals surface area contributed by atoms with E-state index < -0.39 is 23.6 Å². The maximum absolute atomic E-state index is 12.3. The van der Waals surface area contributed by atoms with Gasteiger partial charge in [0.15, 0.2) is 0 Å². The number of benzene rings is 2. The Bertz CT molecular complexity index is 808. The summed E-state index contributed by atoms with van der Waals surface area (Å²) in [6.07, 6.45) is -0.790. The van der Waals surface area contributed by atoms with Crippen LogP contribution >= 0.6 is 0 Å². The maximum Gasteiger partial charge on any atom is 0.426 e. The SMILES string of the molecule is CC(C)(C)OC(=O)NNC(=O)c1ccc(C(=O)O)c2ccccc12. The molecule has 0 bridgehead atoms. The lowest BCUT2D eigenvalue weighted by Crippen LogP contribution is -2.44. The van der Waals surface area contributed by atoms with Gasteiger partial charge in [0, 0.05) is 5.56 Å². The number of fused-ring (bicyclic) bond motifs is 1. The Morgan fingerprint density at radius 2 is 1.46 bits per heavy atom. The fourth-order valence-electron chi connectivity index (χ4n) is 2.16. The van der Waals surface area contributed by atoms with Crippen LogP contribution in [0, 0.1) is 0 Å². The van der Waals surface area contributed by atoms with E-state index in [0.717, 1.165) is 0 Å². The summed E-state index contributed by atoms with van der Waals surface area (Å²) in [4.78, 5) is 35.1. The van der Waals surface area contributed by atoms with E-state index in [1.165, 1.54) is 12.1 Å². The molecule has 2 amide bonds. The molecule has 0 aliphatic rings. The minimum absolute atomic E-state index is 0.0993. The third kappa shape index (κ3) is 4.01. The van der Waals surface area contributed by atoms with Crippen molar-refractivity contribution in [1.82, 2.24) is 10.9 Å². The van der Waals surface area contributed by atoms with E-state index in [4.69, 9.17) is 4.74 Å². The van der Waals surface area contributed by atoms with Crippen LogP contribution in [0.3, 0.4) is 0 Å². The van der Waals surface area contributed by atoms with Crippen LogP contribution in [0.2, 0.25) is 0 Å². The number of carboxylic acids is 1. The van der Waals surface area contributed by atoms with Crippen LogP contribution in [0.4, 0.5) is 4.79 Å². The Morgan fingerprint density at radius 1 is 0.917 bits per heavy atom. The molecule has 2 aromatic rings. The van der Waals surface area contributed by atoms with E-state index in [1.54, 1.807) is 45.0 Å². The van der Waals surface area contributed by atoms with Crippen LogP contribution in [0.5, 0.6) is 0 Å². The number of aromatic carboxylic acids is 1. The zero-order valence-corrected chi connectivity index (χ0v) is 13.5. The molecule has 0 aliphatic carbocycles. The van der Waals surface area contributed by atoms with Crippen molar-refractivity contribution in [2.24, 2.45) is 0 Å². The lowest BCUT2D eigenvalue weighted by molar-refractivity contribution is 0.0483. The largest absolute Gasteiger partial charge is 0.478 e. The second-order valence-corrected chi connectivity index (χ2v) is 6.09. The van der Waals surface area contributed by atoms with Crippen LogP contribution in [0.15, 0.2) is 36.4 Å². The van der Waals surface area contributed by atoms with Crippen LogP contribution < -0.4 is 10.9 Å². The minimum atomic E-state index is -1.08. The number of hydrazine groups is 1. The smallest absolute Gasteiger partial charge is 0.426 e. The first-order valence-electron chi connectivity index (χ1n) is 7.23. The fraction of sp³-hybridized carbons (Fsp3) is 0.235. The molecule has 0 saturated carbocycles. The molecule has 24 heavy (non-hydrogen) atoms. The van der Waals surface area contributed by atoms with Gasteiger partial charge in [-0.1, -0.05) is 24.3 Å². The number of amides is 2. The Kier molecular flexibility index (Phi) is 4.73. The van der Waals surface area contributed by atoms with Crippen molar-refractivity contribution in [3.63, 3.8) is 0 Å². The molecule has 7 nitrogen and oxygen atoms in total. The van der Waals surface area contributed by atoms with Crippen molar-refractivity contribution < 1.29 is 24.2 Å². The molecule has 126 valence electrons. The Balaban J connectivity index is 2.23. The highest BCUT2D eigenvalue weighted by Gasteiger charge is 2.18. The highest BCUT2D eigenvalue weighted by Crippen LogP contribution is 2.23. The standard InChI is InChI=1S/C17H18N2O5/c1-17(2,3)24-16(23)19-18-14(20)12-8-9-13(15(21)22)11-7-5-4-6-10(11)12/h4-9H,1-3H3,(H,18,20)(H,19,23)(H,21,22). The van der Waals surface area contributed by atoms with Crippen molar-refractivity contribution in [2.75, 3.05) is 0 Å². The molecule has 0 aromatic heterocycles. The topological polar surface area (TPSA) is 105 Å². The molecule has 0 aliphatic heterocycles. The first-order chi connectivity index (χ1) is 11.2. The van der Waals surface area contributed by atoms with Crippen molar-refractivity contribution in [1.29, 1.82) is 0 Å². The summed E-state index contributed by atoms with van der Waals surface area (Å²) in [6, 6.07) is 9.41. The molecule has 0 saturated heterocycles. The van der Waals surface area contributed by atoms with Gasteiger partial charge in [-0.25, -0.2) is 15.0 Å². The highest BCUT2D eigenvalue weighted by molar-refractivity contribution is 6.12. The van der Waals surface area contributed by atoms with E-state index in [0.29, 0.717) is 10.8 Å². The van der Waals surface area contributed by atoms with Crippen molar-refractivity contribution in [3.8, 4) is 0 Å². The van der Waals surface area contributed by atoms with E-state index in [9.17, 15) is 19.5 Å². The number of carbonyl (C=O) groups excluding carboxylic acids is 2. The summed E-state index contributed by atoms with van der Waals surface area (Å²) < 4.78 is 5.02. The molecule has 3 N–H and O–H groups in total. The summed E-state index contributed by atoms with van der Waals surface area (Å²) in [5, 5.41) is 10.1. The Labute approximate surface area is 138 Å². The molecule has 2 aromatic carbocycles. The number of carbonyl (C=O) groups is 3. The average Bonchev–Trinajstić information content (AvgIpc) is 2.49. The minimum Gasteiger partial charge on any atom is -0.478 e. The second-order valence-electron chi connectivity index (χ2n) is 6.09. The second kappa shape index (κ2) is 6.57. The maximum atomic E-state index is 12.3. The Morgan fingerprint density at radius 3 is 2.00 bits per heavy atom. The molecule has 0 radical (unpaired) electrons. The number of ether oxygens (including phenoxy) is 1. The van der Waals surface area contributed by atoms with E-state index >= 15 is 0 Å². The van der Waals surface area contributed by atoms with Crippen LogP contribution in [0.1, 0.15) is 41.5 Å². The lowest BCUT2D eigenvalue weighted by atomic mass is 9.99. The van der Waals surface area contributed by atoms with Gasteiger partial charge in [-0.15, -0.1) is 0 Å².